The van der Waals surface area contributed by atoms with Gasteiger partial charge < -0.3 is 46.4 Å². The molecule has 6 saturated heterocycles. The van der Waals surface area contributed by atoms with Crippen LogP contribution >= 0.6 is 11.6 Å². The highest BCUT2D eigenvalue weighted by Crippen LogP contribution is 2.52. The number of aliphatic hydroxyl groups is 2. The summed E-state index contributed by atoms with van der Waals surface area (Å²) in [7, 11) is 0.553. The summed E-state index contributed by atoms with van der Waals surface area (Å²) in [6.07, 6.45) is 8.37. The average Bonchev–Trinajstić information content (AvgIpc) is 1.58. The third-order valence-electron chi connectivity index (χ3n) is 22.2. The minimum atomic E-state index is -3.63. The van der Waals surface area contributed by atoms with Crippen molar-refractivity contribution >= 4 is 42.7 Å². The Balaban J connectivity index is 0.000000205. The van der Waals surface area contributed by atoms with Crippen molar-refractivity contribution in [2.45, 2.75) is 164 Å². The molecule has 14 rings (SSSR count). The number of quaternary nitrogens is 1. The van der Waals surface area contributed by atoms with Crippen LogP contribution in [0.1, 0.15) is 161 Å². The van der Waals surface area contributed by atoms with Crippen LogP contribution in [0, 0.1) is 10.8 Å². The van der Waals surface area contributed by atoms with Crippen molar-refractivity contribution in [3.05, 3.63) is 178 Å². The van der Waals surface area contributed by atoms with Gasteiger partial charge in [0, 0.05) is 133 Å². The van der Waals surface area contributed by atoms with E-state index in [1.807, 2.05) is 135 Å². The molecule has 0 radical (unpaired) electrons. The van der Waals surface area contributed by atoms with Gasteiger partial charge in [0.05, 0.1) is 53.1 Å². The van der Waals surface area contributed by atoms with Crippen molar-refractivity contribution in [3.8, 4) is 11.5 Å². The predicted molar refractivity (Wildman–Crippen MR) is 396 cm³/mol. The van der Waals surface area contributed by atoms with Crippen molar-refractivity contribution in [2.24, 2.45) is 10.8 Å². The molecule has 6 fully saturated rings. The van der Waals surface area contributed by atoms with E-state index in [0.29, 0.717) is 65.7 Å². The number of ether oxygens (including phenoxy) is 2. The second-order valence-electron chi connectivity index (χ2n) is 29.4. The SMILES string of the molecule is C1CN2CCN1CC2.CCCCC1(CCCC)CS(=O)(=O)c2ccc(N(C)C)cc2[C@H](c2ccc(OCc3ccc(CCl)cc3)cc2)[C@@H]1O.CCCCC1(CCCC)CS(=O)(=O)c2ccc(N(C)C)cc2[C@H](c2ccc(OCc3ccc(C[N+]45CCN(CC4)CC5)cc3)cc2)[C@@H]1O.[Cl-]. The van der Waals surface area contributed by atoms with Gasteiger partial charge in [0.1, 0.15) is 31.3 Å². The maximum absolute atomic E-state index is 14.1. The monoisotopic (exact) mass is 1420 g/mol. The van der Waals surface area contributed by atoms with Crippen LogP contribution in [0.3, 0.4) is 0 Å². The minimum Gasteiger partial charge on any atom is -1.00 e. The lowest BCUT2D eigenvalue weighted by Crippen LogP contribution is -3.00. The quantitative estimate of drug-likeness (QED) is 0.0415. The summed E-state index contributed by atoms with van der Waals surface area (Å²) in [6, 6.07) is 43.9. The predicted octanol–water partition coefficient (Wildman–Crippen LogP) is 11.0. The normalized spacial score (nSPS) is 24.3. The first kappa shape index (κ1) is 76.9. The first-order chi connectivity index (χ1) is 46.7. The van der Waals surface area contributed by atoms with Crippen LogP contribution in [0.15, 0.2) is 143 Å². The van der Waals surface area contributed by atoms with E-state index in [-0.39, 0.29) is 23.9 Å². The zero-order valence-electron chi connectivity index (χ0n) is 59.8. The minimum absolute atomic E-state index is 0. The van der Waals surface area contributed by atoms with Crippen LogP contribution in [0.2, 0.25) is 0 Å². The number of unbranched alkanes of at least 4 members (excludes halogenated alkanes) is 4. The van der Waals surface area contributed by atoms with Crippen LogP contribution in [0.5, 0.6) is 11.5 Å². The van der Waals surface area contributed by atoms with Gasteiger partial charge in [-0.3, -0.25) is 14.7 Å². The lowest BCUT2D eigenvalue weighted by atomic mass is 9.68. The molecule has 8 aliphatic heterocycles. The number of alkyl halides is 1. The number of sulfone groups is 2. The fourth-order valence-corrected chi connectivity index (χ4v) is 20.6. The summed E-state index contributed by atoms with van der Waals surface area (Å²) < 4.78 is 69.8. The van der Waals surface area contributed by atoms with Gasteiger partial charge in [0.25, 0.3) is 0 Å². The Kier molecular flexibility index (Phi) is 27.2. The molecule has 6 aromatic rings. The number of nitrogens with zero attached hydrogens (tertiary/aromatic N) is 6. The highest BCUT2D eigenvalue weighted by atomic mass is 35.5. The Morgan fingerprint density at radius 2 is 0.796 bits per heavy atom. The molecule has 0 spiro atoms. The lowest BCUT2D eigenvalue weighted by Gasteiger charge is -2.50. The molecule has 14 nitrogen and oxygen atoms in total. The molecule has 6 aromatic carbocycles. The molecule has 536 valence electrons. The number of aliphatic hydroxyl groups excluding tert-OH is 2. The summed E-state index contributed by atoms with van der Waals surface area (Å²) in [6.45, 7) is 25.9. The van der Waals surface area contributed by atoms with Gasteiger partial charge in [0.15, 0.2) is 19.7 Å². The molecule has 8 heterocycles. The van der Waals surface area contributed by atoms with Crippen molar-refractivity contribution in [2.75, 3.05) is 128 Å². The molecule has 0 aromatic heterocycles. The Labute approximate surface area is 599 Å². The fraction of sp³-hybridized carbons (Fsp3) is 0.550. The van der Waals surface area contributed by atoms with E-state index in [1.165, 1.54) is 88.6 Å². The first-order valence-corrected chi connectivity index (χ1v) is 40.1. The van der Waals surface area contributed by atoms with Gasteiger partial charge in [-0.25, -0.2) is 16.8 Å². The summed E-state index contributed by atoms with van der Waals surface area (Å²) in [5.74, 6) is 0.953. The third kappa shape index (κ3) is 18.5. The Morgan fingerprint density at radius 1 is 0.469 bits per heavy atom. The van der Waals surface area contributed by atoms with Gasteiger partial charge >= 0.3 is 0 Å². The van der Waals surface area contributed by atoms with Gasteiger partial charge in [-0.1, -0.05) is 152 Å². The molecule has 0 amide bonds. The smallest absolute Gasteiger partial charge is 0.179 e. The van der Waals surface area contributed by atoms with E-state index < -0.39 is 54.5 Å². The zero-order chi connectivity index (χ0) is 69.0. The van der Waals surface area contributed by atoms with Crippen LogP contribution in [0.25, 0.3) is 0 Å². The molecule has 4 atom stereocenters. The van der Waals surface area contributed by atoms with Crippen molar-refractivity contribution < 1.29 is 53.4 Å². The molecule has 18 heteroatoms. The van der Waals surface area contributed by atoms with E-state index >= 15 is 0 Å². The molecule has 2 N–H and O–H groups in total. The van der Waals surface area contributed by atoms with E-state index in [0.717, 1.165) is 109 Å². The number of halogens is 2. The van der Waals surface area contributed by atoms with E-state index in [2.05, 4.69) is 66.7 Å². The fourth-order valence-electron chi connectivity index (χ4n) is 16.0. The van der Waals surface area contributed by atoms with E-state index in [9.17, 15) is 27.0 Å². The van der Waals surface area contributed by atoms with Crippen molar-refractivity contribution in [1.82, 2.24) is 14.7 Å². The van der Waals surface area contributed by atoms with Crippen LogP contribution in [-0.4, -0.2) is 177 Å². The standard InChI is InChI=1S/C40H56N3O4S.C34H44ClNO4S.C6H12N2.ClH/c1-5-7-19-40(20-8-6-2)30-48(45,46)37-18-15-34(41(3)4)27-36(37)38(39(40)44)33-13-16-35(17-14-33)47-29-32-11-9-31(10-12-32)28-43-24-21-42(22-25-43)23-26-43;1-5-7-19-34(20-8-6-2)24-41(38,39)31-18-15-28(36(3)4)21-30(31)32(33(34)37)27-13-16-29(17-14-27)40-23-26-11-9-25(22-35)10-12-26;1-2-8-5-3-7(1)4-6-8;/h9-18,27,38-39,44H,5-8,19-26,28-30H2,1-4H3;9-18,21,32-33,37H,5-8,19-20,22-24H2,1-4H3;1-6H2;1H/q+1;;;/p-1/t38-,39-;32-,33-;;/m00../s1. The maximum Gasteiger partial charge on any atom is 0.179 e. The van der Waals surface area contributed by atoms with Crippen LogP contribution in [0.4, 0.5) is 11.4 Å². The lowest BCUT2D eigenvalue weighted by molar-refractivity contribution is -0.953. The van der Waals surface area contributed by atoms with E-state index in [1.54, 1.807) is 12.1 Å². The third-order valence-corrected chi connectivity index (χ3v) is 26.5. The van der Waals surface area contributed by atoms with Crippen molar-refractivity contribution in [1.29, 1.82) is 0 Å². The number of anilines is 2. The topological polar surface area (TPSA) is 143 Å². The summed E-state index contributed by atoms with van der Waals surface area (Å²) in [5, 5.41) is 24.8. The zero-order valence-corrected chi connectivity index (χ0v) is 63.0. The second-order valence-corrected chi connectivity index (χ2v) is 33.6. The van der Waals surface area contributed by atoms with Gasteiger partial charge in [-0.05, 0) is 125 Å². The number of rotatable bonds is 25. The number of fused-ring (bicyclic) bond motifs is 8. The maximum atomic E-state index is 14.1. The molecule has 0 unspecified atom stereocenters. The van der Waals surface area contributed by atoms with Crippen molar-refractivity contribution in [3.63, 3.8) is 0 Å². The largest absolute Gasteiger partial charge is 1.00 e. The van der Waals surface area contributed by atoms with Gasteiger partial charge in [0.2, 0.25) is 0 Å². The van der Waals surface area contributed by atoms with Crippen LogP contribution in [-0.2, 0) is 45.3 Å². The van der Waals surface area contributed by atoms with Crippen LogP contribution < -0.4 is 31.7 Å². The molecule has 0 saturated carbocycles. The molecule has 0 aliphatic carbocycles. The second kappa shape index (κ2) is 34.6. The number of hydrogen-bond donors (Lipinski definition) is 2. The summed E-state index contributed by atoms with van der Waals surface area (Å²) in [4.78, 5) is 12.3. The molecular weight excluding hydrogens is 1310 g/mol. The number of benzene rings is 6. The molecule has 4 bridgehead atoms. The molecule has 8 aliphatic rings. The molecule has 98 heavy (non-hydrogen) atoms. The summed E-state index contributed by atoms with van der Waals surface area (Å²) in [5.41, 5.74) is 8.20. The Hall–Kier alpha value is -5.24. The molecular formula is C80H112Cl2N6O8S2. The Bertz CT molecular complexity index is 3660. The summed E-state index contributed by atoms with van der Waals surface area (Å²) >= 11 is 5.91. The number of hydrogen-bond acceptors (Lipinski definition) is 13. The number of piperazine rings is 6. The van der Waals surface area contributed by atoms with E-state index in [4.69, 9.17) is 21.1 Å². The average molecular weight is 1420 g/mol. The first-order valence-electron chi connectivity index (χ1n) is 36.3. The van der Waals surface area contributed by atoms with Gasteiger partial charge in [-0.15, -0.1) is 11.6 Å². The highest BCUT2D eigenvalue weighted by molar-refractivity contribution is 7.91. The van der Waals surface area contributed by atoms with Gasteiger partial charge in [-0.2, -0.15) is 0 Å². The Morgan fingerprint density at radius 3 is 1.11 bits per heavy atom. The highest BCUT2D eigenvalue weighted by Gasteiger charge is 2.51.